The first-order chi connectivity index (χ1) is 8.27. The summed E-state index contributed by atoms with van der Waals surface area (Å²) >= 11 is 0. The third-order valence-electron chi connectivity index (χ3n) is 4.29. The highest BCUT2D eigenvalue weighted by molar-refractivity contribution is 5.65. The Bertz CT molecular complexity index is 437. The van der Waals surface area contributed by atoms with Crippen LogP contribution in [0.25, 0.3) is 0 Å². The molecule has 0 unspecified atom stereocenters. The van der Waals surface area contributed by atoms with Crippen LogP contribution in [-0.2, 0) is 19.3 Å². The zero-order chi connectivity index (χ0) is 11.8. The Labute approximate surface area is 104 Å². The van der Waals surface area contributed by atoms with Gasteiger partial charge in [0.2, 0.25) is 0 Å². The first kappa shape index (κ1) is 11.1. The van der Waals surface area contributed by atoms with E-state index in [4.69, 9.17) is 0 Å². The minimum atomic E-state index is 1.14. The van der Waals surface area contributed by atoms with Gasteiger partial charge in [-0.2, -0.15) is 0 Å². The van der Waals surface area contributed by atoms with Crippen molar-refractivity contribution in [1.29, 1.82) is 0 Å². The van der Waals surface area contributed by atoms with E-state index in [9.17, 15) is 0 Å². The maximum absolute atomic E-state index is 3.51. The van der Waals surface area contributed by atoms with Crippen molar-refractivity contribution in [2.24, 2.45) is 0 Å². The summed E-state index contributed by atoms with van der Waals surface area (Å²) in [7, 11) is 2.24. The zero-order valence-corrected chi connectivity index (χ0v) is 11.0. The number of aryl methyl sites for hydroxylation is 1. The number of benzene rings is 1. The van der Waals surface area contributed by atoms with E-state index < -0.39 is 0 Å². The van der Waals surface area contributed by atoms with Gasteiger partial charge in [0.25, 0.3) is 0 Å². The summed E-state index contributed by atoms with van der Waals surface area (Å²) in [6.45, 7) is 5.81. The fraction of sp³-hybridized carbons (Fsp3) is 0.600. The Morgan fingerprint density at radius 3 is 2.82 bits per heavy atom. The van der Waals surface area contributed by atoms with Crippen LogP contribution in [0.1, 0.15) is 28.7 Å². The van der Waals surface area contributed by atoms with Crippen molar-refractivity contribution in [1.82, 2.24) is 5.32 Å². The molecule has 0 radical (unpaired) electrons. The average molecular weight is 230 g/mol. The van der Waals surface area contributed by atoms with Gasteiger partial charge >= 0.3 is 0 Å². The second-order valence-electron chi connectivity index (χ2n) is 5.42. The van der Waals surface area contributed by atoms with Gasteiger partial charge in [0, 0.05) is 19.3 Å². The average Bonchev–Trinajstić information content (AvgIpc) is 2.54. The Balaban J connectivity index is 2.14. The van der Waals surface area contributed by atoms with Crippen molar-refractivity contribution in [2.75, 3.05) is 31.6 Å². The minimum Gasteiger partial charge on any atom is -0.374 e. The van der Waals surface area contributed by atoms with Gasteiger partial charge in [0.1, 0.15) is 0 Å². The molecule has 0 amide bonds. The lowest BCUT2D eigenvalue weighted by Gasteiger charge is -2.31. The van der Waals surface area contributed by atoms with Crippen molar-refractivity contribution < 1.29 is 0 Å². The number of hydrogen-bond acceptors (Lipinski definition) is 2. The van der Waals surface area contributed by atoms with E-state index in [-0.39, 0.29) is 0 Å². The molecule has 0 aromatic heterocycles. The molecule has 0 bridgehead atoms. The van der Waals surface area contributed by atoms with E-state index in [1.54, 1.807) is 22.3 Å². The molecule has 0 atom stereocenters. The van der Waals surface area contributed by atoms with E-state index >= 15 is 0 Å². The first-order valence-electron chi connectivity index (χ1n) is 6.83. The number of fused-ring (bicyclic) bond motifs is 2. The first-order valence-corrected chi connectivity index (χ1v) is 6.83. The molecule has 2 aliphatic rings. The van der Waals surface area contributed by atoms with E-state index in [0.717, 1.165) is 13.1 Å². The van der Waals surface area contributed by atoms with E-state index in [0.29, 0.717) is 0 Å². The van der Waals surface area contributed by atoms with Crippen molar-refractivity contribution in [3.05, 3.63) is 28.3 Å². The van der Waals surface area contributed by atoms with Crippen molar-refractivity contribution in [2.45, 2.75) is 32.6 Å². The molecule has 2 heteroatoms. The third-order valence-corrected chi connectivity index (χ3v) is 4.29. The Morgan fingerprint density at radius 1 is 1.12 bits per heavy atom. The normalized spacial score (nSPS) is 19.5. The third kappa shape index (κ3) is 1.85. The van der Waals surface area contributed by atoms with Crippen LogP contribution in [0.15, 0.2) is 6.07 Å². The molecular formula is C15H22N2. The van der Waals surface area contributed by atoms with Crippen LogP contribution >= 0.6 is 0 Å². The maximum atomic E-state index is 3.51. The summed E-state index contributed by atoms with van der Waals surface area (Å²) < 4.78 is 0. The number of anilines is 1. The highest BCUT2D eigenvalue weighted by Gasteiger charge is 2.21. The number of hydrogen-bond donors (Lipinski definition) is 1. The molecule has 2 nitrogen and oxygen atoms in total. The molecule has 92 valence electrons. The van der Waals surface area contributed by atoms with Gasteiger partial charge in [-0.3, -0.25) is 0 Å². The van der Waals surface area contributed by atoms with E-state index in [2.05, 4.69) is 30.3 Å². The fourth-order valence-corrected chi connectivity index (χ4v) is 3.46. The molecule has 1 aromatic carbocycles. The Hall–Kier alpha value is -1.02. The smallest absolute Gasteiger partial charge is 0.0428 e. The predicted molar refractivity (Wildman–Crippen MR) is 73.0 cm³/mol. The lowest BCUT2D eigenvalue weighted by molar-refractivity contribution is 0.710. The summed E-state index contributed by atoms with van der Waals surface area (Å²) in [6.07, 6.45) is 4.97. The summed E-state index contributed by atoms with van der Waals surface area (Å²) in [5.41, 5.74) is 7.86. The predicted octanol–water partition coefficient (Wildman–Crippen LogP) is 2.07. The quantitative estimate of drug-likeness (QED) is 0.734. The standard InChI is InChI=1S/C15H22N2/c1-11-14-6-8-16-7-5-12(14)10-13-4-3-9-17(2)15(11)13/h10,16H,3-9H2,1-2H3. The molecule has 0 fully saturated rings. The highest BCUT2D eigenvalue weighted by atomic mass is 15.1. The van der Waals surface area contributed by atoms with Crippen molar-refractivity contribution in [3.63, 3.8) is 0 Å². The number of rotatable bonds is 0. The van der Waals surface area contributed by atoms with Crippen LogP contribution in [0.3, 0.4) is 0 Å². The number of nitrogens with one attached hydrogen (secondary N) is 1. The van der Waals surface area contributed by atoms with Crippen LogP contribution in [0, 0.1) is 6.92 Å². The van der Waals surface area contributed by atoms with Crippen LogP contribution in [-0.4, -0.2) is 26.7 Å². The monoisotopic (exact) mass is 230 g/mol. The van der Waals surface area contributed by atoms with Crippen molar-refractivity contribution >= 4 is 5.69 Å². The van der Waals surface area contributed by atoms with Crippen LogP contribution in [0.4, 0.5) is 5.69 Å². The zero-order valence-electron chi connectivity index (χ0n) is 11.0. The van der Waals surface area contributed by atoms with Gasteiger partial charge in [-0.25, -0.2) is 0 Å². The highest BCUT2D eigenvalue weighted by Crippen LogP contribution is 2.34. The largest absolute Gasteiger partial charge is 0.374 e. The molecule has 2 heterocycles. The molecule has 3 rings (SSSR count). The molecule has 0 spiro atoms. The molecule has 0 saturated heterocycles. The van der Waals surface area contributed by atoms with Gasteiger partial charge in [-0.1, -0.05) is 6.07 Å². The fourth-order valence-electron chi connectivity index (χ4n) is 3.46. The van der Waals surface area contributed by atoms with Crippen LogP contribution in [0.2, 0.25) is 0 Å². The molecule has 1 N–H and O–H groups in total. The molecule has 1 aromatic rings. The van der Waals surface area contributed by atoms with Gasteiger partial charge in [-0.15, -0.1) is 0 Å². The Morgan fingerprint density at radius 2 is 1.94 bits per heavy atom. The summed E-state index contributed by atoms with van der Waals surface area (Å²) in [5, 5.41) is 3.51. The van der Waals surface area contributed by atoms with Gasteiger partial charge in [0.15, 0.2) is 0 Å². The topological polar surface area (TPSA) is 15.3 Å². The summed E-state index contributed by atoms with van der Waals surface area (Å²) in [6, 6.07) is 2.49. The lowest BCUT2D eigenvalue weighted by Crippen LogP contribution is -2.26. The van der Waals surface area contributed by atoms with Crippen LogP contribution < -0.4 is 10.2 Å². The second kappa shape index (κ2) is 4.34. The van der Waals surface area contributed by atoms with E-state index in [1.165, 1.54) is 37.9 Å². The molecule has 0 saturated carbocycles. The molecule has 0 aliphatic carbocycles. The summed E-state index contributed by atoms with van der Waals surface area (Å²) in [4.78, 5) is 2.45. The number of nitrogens with zero attached hydrogens (tertiary/aromatic N) is 1. The minimum absolute atomic E-state index is 1.14. The SMILES string of the molecule is Cc1c2c(cc3c1N(C)CCC3)CCNCC2. The maximum Gasteiger partial charge on any atom is 0.0428 e. The molecule has 17 heavy (non-hydrogen) atoms. The lowest BCUT2D eigenvalue weighted by atomic mass is 9.89. The second-order valence-corrected chi connectivity index (χ2v) is 5.42. The van der Waals surface area contributed by atoms with Gasteiger partial charge < -0.3 is 10.2 Å². The molecule has 2 aliphatic heterocycles. The molecular weight excluding hydrogens is 208 g/mol. The van der Waals surface area contributed by atoms with E-state index in [1.807, 2.05) is 0 Å². The Kier molecular flexibility index (Phi) is 2.83. The van der Waals surface area contributed by atoms with Gasteiger partial charge in [-0.05, 0) is 68.0 Å². The van der Waals surface area contributed by atoms with Gasteiger partial charge in [0.05, 0.1) is 0 Å². The van der Waals surface area contributed by atoms with Crippen molar-refractivity contribution in [3.8, 4) is 0 Å². The summed E-state index contributed by atoms with van der Waals surface area (Å²) in [5.74, 6) is 0. The van der Waals surface area contributed by atoms with Crippen LogP contribution in [0.5, 0.6) is 0 Å².